The zero-order valence-corrected chi connectivity index (χ0v) is 11.2. The maximum Gasteiger partial charge on any atom is 0.221 e. The largest absolute Gasteiger partial charge is 0.369 e. The molecule has 0 aliphatic heterocycles. The van der Waals surface area contributed by atoms with E-state index in [2.05, 4.69) is 21.4 Å². The van der Waals surface area contributed by atoms with E-state index in [1.807, 2.05) is 0 Å². The van der Waals surface area contributed by atoms with Gasteiger partial charge in [-0.15, -0.1) is 0 Å². The van der Waals surface area contributed by atoms with Gasteiger partial charge in [0, 0.05) is 27.3 Å². The first-order valence-corrected chi connectivity index (χ1v) is 7.61. The highest BCUT2D eigenvalue weighted by molar-refractivity contribution is 8.26. The minimum Gasteiger partial charge on any atom is -0.369 e. The number of carbonyl (C=O) groups excluding carboxylic acids is 1. The van der Waals surface area contributed by atoms with Gasteiger partial charge in [0.05, 0.1) is 0 Å². The Morgan fingerprint density at radius 2 is 1.89 bits per heavy atom. The molecule has 1 aliphatic carbocycles. The molecule has 0 unspecified atom stereocenters. The molecule has 18 heavy (non-hydrogen) atoms. The summed E-state index contributed by atoms with van der Waals surface area (Å²) in [5, 5.41) is 0. The topological polar surface area (TPSA) is 60.2 Å². The van der Waals surface area contributed by atoms with Crippen LogP contribution in [0.4, 0.5) is 8.78 Å². The fraction of sp³-hybridized carbons (Fsp3) is 0.300. The summed E-state index contributed by atoms with van der Waals surface area (Å²) in [6, 6.07) is 3.69. The molecule has 0 radical (unpaired) electrons. The van der Waals surface area contributed by atoms with Crippen molar-refractivity contribution in [1.29, 1.82) is 0 Å². The maximum atomic E-state index is 12.8. The third kappa shape index (κ3) is 4.51. The van der Waals surface area contributed by atoms with E-state index in [0.29, 0.717) is 12.0 Å². The smallest absolute Gasteiger partial charge is 0.221 e. The van der Waals surface area contributed by atoms with Crippen LogP contribution < -0.4 is 5.73 Å². The molecule has 2 rings (SSSR count). The first kappa shape index (κ1) is 15.3. The van der Waals surface area contributed by atoms with Crippen molar-refractivity contribution in [3.8, 4) is 0 Å². The molecule has 1 aromatic carbocycles. The van der Waals surface area contributed by atoms with Gasteiger partial charge in [-0.1, -0.05) is 6.07 Å². The van der Waals surface area contributed by atoms with Crippen LogP contribution in [0.25, 0.3) is 0 Å². The first-order valence-electron chi connectivity index (χ1n) is 4.81. The molecule has 0 bridgehead atoms. The number of halogens is 4. The summed E-state index contributed by atoms with van der Waals surface area (Å²) in [4.78, 5) is 10.8. The number of amides is 1. The number of hydrogen-bond acceptors (Lipinski definition) is 2. The molecule has 1 fully saturated rings. The lowest BCUT2D eigenvalue weighted by molar-refractivity contribution is -0.119. The molecule has 8 heteroatoms. The Bertz CT molecular complexity index is 483. The molecule has 3 nitrogen and oxygen atoms in total. The normalized spacial score (nSPS) is 21.2. The number of benzene rings is 1. The van der Waals surface area contributed by atoms with Crippen LogP contribution in [-0.4, -0.2) is 10.1 Å². The Morgan fingerprint density at radius 3 is 2.28 bits per heavy atom. The SMILES string of the molecule is NC(=O)[C@@H]1C[C@H]1c1ccc(F)c(F)c1.O=S(Cl)Cl. The number of primary amides is 1. The van der Waals surface area contributed by atoms with Crippen LogP contribution in [0.15, 0.2) is 18.2 Å². The molecule has 0 spiro atoms. The van der Waals surface area contributed by atoms with Crippen LogP contribution in [0.5, 0.6) is 0 Å². The van der Waals surface area contributed by atoms with Crippen LogP contribution in [0.2, 0.25) is 0 Å². The molecule has 0 heterocycles. The molecule has 1 amide bonds. The molecule has 100 valence electrons. The molecular weight excluding hydrogens is 307 g/mol. The predicted octanol–water partition coefficient (Wildman–Crippen LogP) is 2.60. The Hall–Kier alpha value is -0.720. The summed E-state index contributed by atoms with van der Waals surface area (Å²) in [5.74, 6) is -2.36. The van der Waals surface area contributed by atoms with E-state index in [1.165, 1.54) is 6.07 Å². The molecule has 2 N–H and O–H groups in total. The minimum atomic E-state index is -1.67. The van der Waals surface area contributed by atoms with Gasteiger partial charge in [0.2, 0.25) is 15.1 Å². The van der Waals surface area contributed by atoms with E-state index in [1.54, 1.807) is 0 Å². The second-order valence-electron chi connectivity index (χ2n) is 3.71. The van der Waals surface area contributed by atoms with E-state index in [-0.39, 0.29) is 17.7 Å². The highest BCUT2D eigenvalue weighted by Gasteiger charge is 2.42. The van der Waals surface area contributed by atoms with Crippen LogP contribution in [-0.2, 0) is 14.0 Å². The van der Waals surface area contributed by atoms with Crippen molar-refractivity contribution in [1.82, 2.24) is 0 Å². The van der Waals surface area contributed by atoms with E-state index in [0.717, 1.165) is 12.1 Å². The van der Waals surface area contributed by atoms with Gasteiger partial charge in [-0.2, -0.15) is 0 Å². The molecule has 1 aliphatic rings. The van der Waals surface area contributed by atoms with Crippen molar-refractivity contribution < 1.29 is 17.8 Å². The van der Waals surface area contributed by atoms with Gasteiger partial charge in [-0.25, -0.2) is 13.0 Å². The summed E-state index contributed by atoms with van der Waals surface area (Å²) < 4.78 is 34.5. The molecular formula is C10H9Cl2F2NO2S. The van der Waals surface area contributed by atoms with Gasteiger partial charge >= 0.3 is 0 Å². The van der Waals surface area contributed by atoms with Gasteiger partial charge < -0.3 is 5.73 Å². The molecule has 1 saturated carbocycles. The Balaban J connectivity index is 0.000000357. The number of hydrogen-bond donors (Lipinski definition) is 1. The second kappa shape index (κ2) is 6.45. The monoisotopic (exact) mass is 315 g/mol. The summed E-state index contributed by atoms with van der Waals surface area (Å²) in [6.45, 7) is 0. The average Bonchev–Trinajstić information content (AvgIpc) is 3.01. The van der Waals surface area contributed by atoms with Crippen molar-refractivity contribution in [3.05, 3.63) is 35.4 Å². The second-order valence-corrected chi connectivity index (χ2v) is 6.23. The zero-order valence-electron chi connectivity index (χ0n) is 8.91. The fourth-order valence-electron chi connectivity index (χ4n) is 1.62. The maximum absolute atomic E-state index is 12.8. The van der Waals surface area contributed by atoms with Crippen LogP contribution >= 0.6 is 21.4 Å². The third-order valence-electron chi connectivity index (χ3n) is 2.53. The Kier molecular flexibility index (Phi) is 5.49. The van der Waals surface area contributed by atoms with Gasteiger partial charge in [0.15, 0.2) is 11.6 Å². The van der Waals surface area contributed by atoms with E-state index >= 15 is 0 Å². The van der Waals surface area contributed by atoms with Crippen molar-refractivity contribution >= 4 is 36.5 Å². The average molecular weight is 316 g/mol. The quantitative estimate of drug-likeness (QED) is 0.853. The third-order valence-corrected chi connectivity index (χ3v) is 2.53. The van der Waals surface area contributed by atoms with Gasteiger partial charge in [0.25, 0.3) is 0 Å². The van der Waals surface area contributed by atoms with Crippen molar-refractivity contribution in [3.63, 3.8) is 0 Å². The number of rotatable bonds is 2. The molecule has 2 atom stereocenters. The summed E-state index contributed by atoms with van der Waals surface area (Å²) in [7, 11) is 7.36. The molecule has 0 saturated heterocycles. The van der Waals surface area contributed by atoms with E-state index in [9.17, 15) is 13.6 Å². The highest BCUT2D eigenvalue weighted by Crippen LogP contribution is 2.47. The Morgan fingerprint density at radius 1 is 1.33 bits per heavy atom. The lowest BCUT2D eigenvalue weighted by atomic mass is 10.1. The molecule has 0 aromatic heterocycles. The van der Waals surface area contributed by atoms with Gasteiger partial charge in [-0.05, 0) is 30.0 Å². The van der Waals surface area contributed by atoms with Gasteiger partial charge in [0.1, 0.15) is 0 Å². The van der Waals surface area contributed by atoms with Crippen molar-refractivity contribution in [2.75, 3.05) is 0 Å². The van der Waals surface area contributed by atoms with Gasteiger partial charge in [-0.3, -0.25) is 4.79 Å². The number of nitrogens with two attached hydrogens (primary N) is 1. The first-order chi connectivity index (χ1) is 8.32. The standard InChI is InChI=1S/C10H9F2NO.Cl2OS/c11-8-2-1-5(3-9(8)12)6-4-7(6)10(13)14;1-4(2)3/h1-3,6-7H,4H2,(H2,13,14);/t6-,7+;/m0./s1. The zero-order chi connectivity index (χ0) is 13.9. The van der Waals surface area contributed by atoms with Crippen LogP contribution in [0.3, 0.4) is 0 Å². The van der Waals surface area contributed by atoms with Crippen LogP contribution in [0.1, 0.15) is 17.9 Å². The van der Waals surface area contributed by atoms with E-state index < -0.39 is 20.9 Å². The summed E-state index contributed by atoms with van der Waals surface area (Å²) in [6.07, 6.45) is 0.639. The highest BCUT2D eigenvalue weighted by atomic mass is 36.0. The van der Waals surface area contributed by atoms with Crippen molar-refractivity contribution in [2.24, 2.45) is 11.7 Å². The van der Waals surface area contributed by atoms with Crippen molar-refractivity contribution in [2.45, 2.75) is 12.3 Å². The lowest BCUT2D eigenvalue weighted by Crippen LogP contribution is -2.13. The summed E-state index contributed by atoms with van der Waals surface area (Å²) >= 11 is 0. The lowest BCUT2D eigenvalue weighted by Gasteiger charge is -1.99. The van der Waals surface area contributed by atoms with Crippen LogP contribution in [0, 0.1) is 17.6 Å². The number of carbonyl (C=O) groups is 1. The fourth-order valence-corrected chi connectivity index (χ4v) is 1.62. The van der Waals surface area contributed by atoms with E-state index in [4.69, 9.17) is 9.94 Å². The predicted molar refractivity (Wildman–Crippen MR) is 66.2 cm³/mol. The molecule has 1 aromatic rings. The minimum absolute atomic E-state index is 0.0254. The summed E-state index contributed by atoms with van der Waals surface area (Å²) in [5.41, 5.74) is 5.73. The Labute approximate surface area is 114 Å².